The second-order valence-electron chi connectivity index (χ2n) is 4.64. The molecule has 1 fully saturated rings. The van der Waals surface area contributed by atoms with E-state index in [4.69, 9.17) is 10.2 Å². The average Bonchev–Trinajstić information content (AvgIpc) is 2.34. The number of nitrogens with one attached hydrogen (secondary N) is 1. The average molecular weight is 260 g/mol. The van der Waals surface area contributed by atoms with Gasteiger partial charge in [0.1, 0.15) is 0 Å². The van der Waals surface area contributed by atoms with Crippen molar-refractivity contribution in [2.75, 3.05) is 19.7 Å². The first-order valence-corrected chi connectivity index (χ1v) is 6.03. The molecule has 18 heavy (non-hydrogen) atoms. The molecular weight excluding hydrogens is 240 g/mol. The number of carbonyl (C=O) groups excluding carboxylic acids is 1. The minimum absolute atomic E-state index is 0.0164. The monoisotopic (exact) mass is 260 g/mol. The quantitative estimate of drug-likeness (QED) is 0.531. The predicted molar refractivity (Wildman–Crippen MR) is 63.0 cm³/mol. The van der Waals surface area contributed by atoms with E-state index in [0.717, 1.165) is 12.8 Å². The molecule has 1 aliphatic heterocycles. The van der Waals surface area contributed by atoms with Crippen LogP contribution >= 0.6 is 0 Å². The lowest BCUT2D eigenvalue weighted by Crippen LogP contribution is -2.54. The molecule has 0 aromatic heterocycles. The van der Waals surface area contributed by atoms with E-state index in [1.54, 1.807) is 0 Å². The fraction of sp³-hybridized carbons (Fsp3) is 0.818. The molecule has 0 aromatic rings. The highest BCUT2D eigenvalue weighted by Gasteiger charge is 2.29. The zero-order chi connectivity index (χ0) is 13.7. The summed E-state index contributed by atoms with van der Waals surface area (Å²) in [5.74, 6) is -1.23. The maximum Gasteiger partial charge on any atom is 0.328 e. The Balaban J connectivity index is 2.55. The van der Waals surface area contributed by atoms with Crippen LogP contribution in [-0.4, -0.2) is 64.1 Å². The molecule has 1 heterocycles. The summed E-state index contributed by atoms with van der Waals surface area (Å²) in [6.07, 6.45) is 0.481. The standard InChI is InChI=1S/C11H20N2O5/c1-7(15)9(10(16)17)12-11(18)13-4-2-3-8(5-13)6-14/h7-9,14-15H,2-6H2,1H3,(H,12,18)(H,16,17). The van der Waals surface area contributed by atoms with E-state index in [0.29, 0.717) is 13.1 Å². The van der Waals surface area contributed by atoms with E-state index >= 15 is 0 Å². The molecule has 1 aliphatic rings. The first-order chi connectivity index (χ1) is 8.45. The molecule has 7 heteroatoms. The van der Waals surface area contributed by atoms with Crippen LogP contribution in [0, 0.1) is 5.92 Å². The van der Waals surface area contributed by atoms with Crippen LogP contribution < -0.4 is 5.32 Å². The zero-order valence-corrected chi connectivity index (χ0v) is 10.4. The van der Waals surface area contributed by atoms with Gasteiger partial charge in [-0.3, -0.25) is 0 Å². The summed E-state index contributed by atoms with van der Waals surface area (Å²) < 4.78 is 0. The van der Waals surface area contributed by atoms with E-state index in [-0.39, 0.29) is 12.5 Å². The second-order valence-corrected chi connectivity index (χ2v) is 4.64. The lowest BCUT2D eigenvalue weighted by Gasteiger charge is -2.33. The summed E-state index contributed by atoms with van der Waals surface area (Å²) in [6, 6.07) is -1.83. The number of carbonyl (C=O) groups is 2. The molecule has 0 radical (unpaired) electrons. The number of carboxylic acid groups (broad SMARTS) is 1. The molecule has 7 nitrogen and oxygen atoms in total. The first-order valence-electron chi connectivity index (χ1n) is 6.03. The lowest BCUT2D eigenvalue weighted by atomic mass is 9.99. The van der Waals surface area contributed by atoms with Crippen molar-refractivity contribution in [1.82, 2.24) is 10.2 Å². The molecule has 4 N–H and O–H groups in total. The van der Waals surface area contributed by atoms with E-state index in [1.807, 2.05) is 0 Å². The van der Waals surface area contributed by atoms with Crippen molar-refractivity contribution in [1.29, 1.82) is 0 Å². The van der Waals surface area contributed by atoms with Crippen LogP contribution in [0.5, 0.6) is 0 Å². The van der Waals surface area contributed by atoms with Crippen molar-refractivity contribution >= 4 is 12.0 Å². The van der Waals surface area contributed by atoms with Crippen molar-refractivity contribution in [2.45, 2.75) is 31.9 Å². The van der Waals surface area contributed by atoms with Gasteiger partial charge in [0.25, 0.3) is 0 Å². The third-order valence-electron chi connectivity index (χ3n) is 3.09. The van der Waals surface area contributed by atoms with Gasteiger partial charge in [0.15, 0.2) is 6.04 Å². The molecule has 1 rings (SSSR count). The molecule has 0 spiro atoms. The normalized spacial score (nSPS) is 23.3. The highest BCUT2D eigenvalue weighted by atomic mass is 16.4. The third-order valence-corrected chi connectivity index (χ3v) is 3.09. The lowest BCUT2D eigenvalue weighted by molar-refractivity contribution is -0.141. The molecule has 104 valence electrons. The highest BCUT2D eigenvalue weighted by Crippen LogP contribution is 2.15. The Labute approximate surface area is 105 Å². The number of carboxylic acids is 1. The minimum Gasteiger partial charge on any atom is -0.480 e. The van der Waals surface area contributed by atoms with Gasteiger partial charge in [0, 0.05) is 19.7 Å². The Kier molecular flexibility index (Phi) is 5.36. The molecule has 1 saturated heterocycles. The zero-order valence-electron chi connectivity index (χ0n) is 10.4. The fourth-order valence-electron chi connectivity index (χ4n) is 2.01. The van der Waals surface area contributed by atoms with Crippen LogP contribution in [0.2, 0.25) is 0 Å². The largest absolute Gasteiger partial charge is 0.480 e. The SMILES string of the molecule is CC(O)C(NC(=O)N1CCCC(CO)C1)C(=O)O. The van der Waals surface area contributed by atoms with Crippen molar-refractivity contribution in [3.05, 3.63) is 0 Å². The van der Waals surface area contributed by atoms with Gasteiger partial charge in [-0.15, -0.1) is 0 Å². The van der Waals surface area contributed by atoms with Gasteiger partial charge < -0.3 is 25.5 Å². The number of aliphatic hydroxyl groups excluding tert-OH is 2. The van der Waals surface area contributed by atoms with Crippen molar-refractivity contribution < 1.29 is 24.9 Å². The number of urea groups is 1. The highest BCUT2D eigenvalue weighted by molar-refractivity contribution is 5.83. The number of likely N-dealkylation sites (tertiary alicyclic amines) is 1. The Morgan fingerprint density at radius 1 is 1.50 bits per heavy atom. The van der Waals surface area contributed by atoms with Gasteiger partial charge in [-0.05, 0) is 25.7 Å². The van der Waals surface area contributed by atoms with E-state index in [9.17, 15) is 14.7 Å². The van der Waals surface area contributed by atoms with Gasteiger partial charge in [-0.2, -0.15) is 0 Å². The van der Waals surface area contributed by atoms with Gasteiger partial charge in [-0.25, -0.2) is 9.59 Å². The minimum atomic E-state index is -1.31. The molecular formula is C11H20N2O5. The number of nitrogens with zero attached hydrogens (tertiary/aromatic N) is 1. The summed E-state index contributed by atoms with van der Waals surface area (Å²) in [4.78, 5) is 24.2. The maximum atomic E-state index is 11.8. The summed E-state index contributed by atoms with van der Waals surface area (Å²) >= 11 is 0. The van der Waals surface area contributed by atoms with E-state index in [1.165, 1.54) is 11.8 Å². The topological polar surface area (TPSA) is 110 Å². The molecule has 3 unspecified atom stereocenters. The third kappa shape index (κ3) is 3.85. The summed E-state index contributed by atoms with van der Waals surface area (Å²) in [7, 11) is 0. The second kappa shape index (κ2) is 6.55. The Bertz CT molecular complexity index is 308. The summed E-state index contributed by atoms with van der Waals surface area (Å²) in [6.45, 7) is 2.28. The maximum absolute atomic E-state index is 11.8. The smallest absolute Gasteiger partial charge is 0.328 e. The summed E-state index contributed by atoms with van der Waals surface area (Å²) in [5.41, 5.74) is 0. The molecule has 0 aromatic carbocycles. The number of hydrogen-bond acceptors (Lipinski definition) is 4. The number of aliphatic hydroxyl groups is 2. The van der Waals surface area contributed by atoms with Crippen LogP contribution in [0.4, 0.5) is 4.79 Å². The number of hydrogen-bond donors (Lipinski definition) is 4. The molecule has 0 saturated carbocycles. The van der Waals surface area contributed by atoms with E-state index < -0.39 is 24.1 Å². The molecule has 2 amide bonds. The van der Waals surface area contributed by atoms with E-state index in [2.05, 4.69) is 5.32 Å². The number of piperidine rings is 1. The summed E-state index contributed by atoms with van der Waals surface area (Å²) in [5, 5.41) is 29.5. The van der Waals surface area contributed by atoms with Crippen LogP contribution in [0.15, 0.2) is 0 Å². The predicted octanol–water partition coefficient (Wildman–Crippen LogP) is -0.766. The van der Waals surface area contributed by atoms with Crippen LogP contribution in [0.3, 0.4) is 0 Å². The fourth-order valence-corrected chi connectivity index (χ4v) is 2.01. The van der Waals surface area contributed by atoms with Crippen molar-refractivity contribution in [2.24, 2.45) is 5.92 Å². The molecule has 3 atom stereocenters. The Morgan fingerprint density at radius 3 is 2.67 bits per heavy atom. The van der Waals surface area contributed by atoms with Gasteiger partial charge in [-0.1, -0.05) is 0 Å². The number of aliphatic carboxylic acids is 1. The number of rotatable bonds is 4. The first kappa shape index (κ1) is 14.7. The Morgan fingerprint density at radius 2 is 2.17 bits per heavy atom. The van der Waals surface area contributed by atoms with Crippen LogP contribution in [0.1, 0.15) is 19.8 Å². The van der Waals surface area contributed by atoms with Crippen molar-refractivity contribution in [3.63, 3.8) is 0 Å². The van der Waals surface area contributed by atoms with Gasteiger partial charge in [0.2, 0.25) is 0 Å². The van der Waals surface area contributed by atoms with Gasteiger partial charge >= 0.3 is 12.0 Å². The number of amides is 2. The molecule has 0 aliphatic carbocycles. The van der Waals surface area contributed by atoms with Crippen molar-refractivity contribution in [3.8, 4) is 0 Å². The Hall–Kier alpha value is -1.34. The van der Waals surface area contributed by atoms with Gasteiger partial charge in [0.05, 0.1) is 6.10 Å². The van der Waals surface area contributed by atoms with Crippen LogP contribution in [-0.2, 0) is 4.79 Å². The molecule has 0 bridgehead atoms. The van der Waals surface area contributed by atoms with Crippen LogP contribution in [0.25, 0.3) is 0 Å².